The van der Waals surface area contributed by atoms with E-state index in [-0.39, 0.29) is 0 Å². The van der Waals surface area contributed by atoms with Gasteiger partial charge in [0.1, 0.15) is 0 Å². The first-order valence-electron chi connectivity index (χ1n) is 6.10. The molecule has 0 saturated carbocycles. The van der Waals surface area contributed by atoms with Gasteiger partial charge in [-0.2, -0.15) is 0 Å². The van der Waals surface area contributed by atoms with Crippen LogP contribution in [0.4, 0.5) is 0 Å². The van der Waals surface area contributed by atoms with Crippen LogP contribution in [0.5, 0.6) is 0 Å². The highest BCUT2D eigenvalue weighted by molar-refractivity contribution is 9.10. The van der Waals surface area contributed by atoms with E-state index in [1.165, 1.54) is 22.8 Å². The largest absolute Gasteiger partial charge is 0.310 e. The lowest BCUT2D eigenvalue weighted by Crippen LogP contribution is -2.24. The van der Waals surface area contributed by atoms with E-state index < -0.39 is 0 Å². The molecule has 0 heterocycles. The fourth-order valence-electron chi connectivity index (χ4n) is 1.81. The number of hydrogen-bond acceptors (Lipinski definition) is 1. The van der Waals surface area contributed by atoms with Crippen LogP contribution in [0.3, 0.4) is 0 Å². The van der Waals surface area contributed by atoms with Crippen molar-refractivity contribution in [1.29, 1.82) is 0 Å². The van der Waals surface area contributed by atoms with Crippen LogP contribution >= 0.6 is 15.9 Å². The number of nitrogens with one attached hydrogen (secondary N) is 1. The van der Waals surface area contributed by atoms with Crippen molar-refractivity contribution in [3.05, 3.63) is 46.4 Å². The number of halogens is 1. The SMILES string of the molecule is CCC(C)NCc1ccc2cc(Br)ccc2c1. The summed E-state index contributed by atoms with van der Waals surface area (Å²) in [6, 6.07) is 13.6. The molecule has 0 aromatic heterocycles. The first kappa shape index (κ1) is 12.6. The predicted octanol–water partition coefficient (Wildman–Crippen LogP) is 4.49. The molecular formula is C15H18BrN. The average molecular weight is 292 g/mol. The summed E-state index contributed by atoms with van der Waals surface area (Å²) in [6.07, 6.45) is 1.17. The molecular weight excluding hydrogens is 274 g/mol. The molecule has 2 heteroatoms. The maximum atomic E-state index is 3.52. The van der Waals surface area contributed by atoms with Crippen LogP contribution in [0.1, 0.15) is 25.8 Å². The Balaban J connectivity index is 2.17. The summed E-state index contributed by atoms with van der Waals surface area (Å²) in [4.78, 5) is 0. The molecule has 0 saturated heterocycles. The van der Waals surface area contributed by atoms with Gasteiger partial charge in [0.05, 0.1) is 0 Å². The maximum Gasteiger partial charge on any atom is 0.0208 e. The van der Waals surface area contributed by atoms with Gasteiger partial charge in [-0.25, -0.2) is 0 Å². The van der Waals surface area contributed by atoms with E-state index in [1.54, 1.807) is 0 Å². The van der Waals surface area contributed by atoms with Gasteiger partial charge in [0, 0.05) is 17.1 Å². The van der Waals surface area contributed by atoms with E-state index in [0.29, 0.717) is 6.04 Å². The average Bonchev–Trinajstić information content (AvgIpc) is 2.35. The smallest absolute Gasteiger partial charge is 0.0208 e. The van der Waals surface area contributed by atoms with Crippen LogP contribution in [-0.2, 0) is 6.54 Å². The van der Waals surface area contributed by atoms with E-state index in [4.69, 9.17) is 0 Å². The Labute approximate surface area is 111 Å². The highest BCUT2D eigenvalue weighted by Gasteiger charge is 2.00. The molecule has 1 atom stereocenters. The highest BCUT2D eigenvalue weighted by Crippen LogP contribution is 2.20. The molecule has 90 valence electrons. The third-order valence-corrected chi connectivity index (χ3v) is 3.63. The number of hydrogen-bond donors (Lipinski definition) is 1. The standard InChI is InChI=1S/C15H18BrN/c1-3-11(2)17-10-12-4-5-14-9-15(16)7-6-13(14)8-12/h4-9,11,17H,3,10H2,1-2H3. The third kappa shape index (κ3) is 3.30. The van der Waals surface area contributed by atoms with Crippen molar-refractivity contribution < 1.29 is 0 Å². The van der Waals surface area contributed by atoms with Crippen molar-refractivity contribution in [3.8, 4) is 0 Å². The van der Waals surface area contributed by atoms with Crippen LogP contribution in [0.25, 0.3) is 10.8 Å². The first-order chi connectivity index (χ1) is 8.19. The lowest BCUT2D eigenvalue weighted by atomic mass is 10.1. The Kier molecular flexibility index (Phi) is 4.19. The summed E-state index contributed by atoms with van der Waals surface area (Å²) in [5.74, 6) is 0. The molecule has 0 amide bonds. The summed E-state index contributed by atoms with van der Waals surface area (Å²) in [5.41, 5.74) is 1.35. The van der Waals surface area contributed by atoms with Crippen LogP contribution in [0.15, 0.2) is 40.9 Å². The van der Waals surface area contributed by atoms with Crippen molar-refractivity contribution in [3.63, 3.8) is 0 Å². The molecule has 0 radical (unpaired) electrons. The fourth-order valence-corrected chi connectivity index (χ4v) is 2.19. The summed E-state index contributed by atoms with van der Waals surface area (Å²) in [6.45, 7) is 5.37. The highest BCUT2D eigenvalue weighted by atomic mass is 79.9. The zero-order valence-electron chi connectivity index (χ0n) is 10.3. The van der Waals surface area contributed by atoms with Gasteiger partial charge in [0.25, 0.3) is 0 Å². The molecule has 0 bridgehead atoms. The van der Waals surface area contributed by atoms with E-state index in [9.17, 15) is 0 Å². The Bertz CT molecular complexity index is 507. The zero-order chi connectivity index (χ0) is 12.3. The van der Waals surface area contributed by atoms with E-state index in [1.807, 2.05) is 0 Å². The Morgan fingerprint density at radius 1 is 1.12 bits per heavy atom. The number of benzene rings is 2. The van der Waals surface area contributed by atoms with E-state index in [2.05, 4.69) is 71.5 Å². The summed E-state index contributed by atoms with van der Waals surface area (Å²) < 4.78 is 1.13. The van der Waals surface area contributed by atoms with Crippen molar-refractivity contribution in [1.82, 2.24) is 5.32 Å². The number of rotatable bonds is 4. The van der Waals surface area contributed by atoms with Gasteiger partial charge in [-0.15, -0.1) is 0 Å². The number of fused-ring (bicyclic) bond motifs is 1. The van der Waals surface area contributed by atoms with Crippen molar-refractivity contribution in [2.45, 2.75) is 32.9 Å². The fraction of sp³-hybridized carbons (Fsp3) is 0.333. The topological polar surface area (TPSA) is 12.0 Å². The first-order valence-corrected chi connectivity index (χ1v) is 6.90. The Hall–Kier alpha value is -0.860. The van der Waals surface area contributed by atoms with E-state index >= 15 is 0 Å². The molecule has 2 rings (SSSR count). The molecule has 17 heavy (non-hydrogen) atoms. The van der Waals surface area contributed by atoms with Gasteiger partial charge in [0.2, 0.25) is 0 Å². The molecule has 2 aromatic carbocycles. The van der Waals surface area contributed by atoms with Crippen LogP contribution in [-0.4, -0.2) is 6.04 Å². The predicted molar refractivity (Wildman–Crippen MR) is 78.2 cm³/mol. The second-order valence-corrected chi connectivity index (χ2v) is 5.43. The van der Waals surface area contributed by atoms with Gasteiger partial charge in [-0.05, 0) is 47.9 Å². The molecule has 0 spiro atoms. The van der Waals surface area contributed by atoms with Crippen LogP contribution in [0, 0.1) is 0 Å². The minimum atomic E-state index is 0.579. The Morgan fingerprint density at radius 2 is 1.82 bits per heavy atom. The molecule has 0 aliphatic heterocycles. The second-order valence-electron chi connectivity index (χ2n) is 4.52. The van der Waals surface area contributed by atoms with Gasteiger partial charge >= 0.3 is 0 Å². The minimum absolute atomic E-state index is 0.579. The van der Waals surface area contributed by atoms with Crippen LogP contribution < -0.4 is 5.32 Å². The molecule has 2 aromatic rings. The lowest BCUT2D eigenvalue weighted by Gasteiger charge is -2.11. The Morgan fingerprint density at radius 3 is 2.59 bits per heavy atom. The molecule has 1 nitrogen and oxygen atoms in total. The van der Waals surface area contributed by atoms with Gasteiger partial charge in [-0.3, -0.25) is 0 Å². The molecule has 0 aliphatic carbocycles. The van der Waals surface area contributed by atoms with E-state index in [0.717, 1.165) is 11.0 Å². The van der Waals surface area contributed by atoms with Crippen molar-refractivity contribution in [2.24, 2.45) is 0 Å². The van der Waals surface area contributed by atoms with Gasteiger partial charge < -0.3 is 5.32 Å². The minimum Gasteiger partial charge on any atom is -0.310 e. The van der Waals surface area contributed by atoms with Crippen molar-refractivity contribution >= 4 is 26.7 Å². The quantitative estimate of drug-likeness (QED) is 0.875. The lowest BCUT2D eigenvalue weighted by molar-refractivity contribution is 0.534. The summed E-state index contributed by atoms with van der Waals surface area (Å²) in [7, 11) is 0. The normalized spacial score (nSPS) is 12.9. The molecule has 1 N–H and O–H groups in total. The summed E-state index contributed by atoms with van der Waals surface area (Å²) in [5, 5.41) is 6.10. The van der Waals surface area contributed by atoms with Gasteiger partial charge in [-0.1, -0.05) is 41.1 Å². The molecule has 0 fully saturated rings. The van der Waals surface area contributed by atoms with Crippen LogP contribution in [0.2, 0.25) is 0 Å². The third-order valence-electron chi connectivity index (χ3n) is 3.13. The monoisotopic (exact) mass is 291 g/mol. The molecule has 1 unspecified atom stereocenters. The molecule has 0 aliphatic rings. The van der Waals surface area contributed by atoms with Gasteiger partial charge in [0.15, 0.2) is 0 Å². The second kappa shape index (κ2) is 5.65. The van der Waals surface area contributed by atoms with Crippen molar-refractivity contribution in [2.75, 3.05) is 0 Å². The maximum absolute atomic E-state index is 3.52. The summed E-state index contributed by atoms with van der Waals surface area (Å²) >= 11 is 3.50. The zero-order valence-corrected chi connectivity index (χ0v) is 11.9.